The fourth-order valence-corrected chi connectivity index (χ4v) is 0.572. The molecule has 0 aromatic carbocycles. The molecule has 3 nitrogen and oxygen atoms in total. The summed E-state index contributed by atoms with van der Waals surface area (Å²) in [6.45, 7) is 4.48. The molecule has 0 aliphatic carbocycles. The number of allylic oxidation sites excluding steroid dienone is 1. The van der Waals surface area contributed by atoms with Crippen molar-refractivity contribution >= 4 is 0 Å². The SMILES string of the molecule is C=CCCn1cncn1. The summed E-state index contributed by atoms with van der Waals surface area (Å²) in [6.07, 6.45) is 6.04. The molecule has 0 aliphatic rings. The molecule has 48 valence electrons. The van der Waals surface area contributed by atoms with E-state index in [-0.39, 0.29) is 0 Å². The third-order valence-electron chi connectivity index (χ3n) is 1.03. The maximum Gasteiger partial charge on any atom is 0.137 e. The lowest BCUT2D eigenvalue weighted by atomic mass is 10.4. The summed E-state index contributed by atoms with van der Waals surface area (Å²) in [5.41, 5.74) is 0. The van der Waals surface area contributed by atoms with Gasteiger partial charge in [0.2, 0.25) is 0 Å². The Morgan fingerprint density at radius 1 is 1.67 bits per heavy atom. The van der Waals surface area contributed by atoms with Crippen LogP contribution in [0.3, 0.4) is 0 Å². The second-order valence-corrected chi connectivity index (χ2v) is 1.74. The summed E-state index contributed by atoms with van der Waals surface area (Å²) >= 11 is 0. The summed E-state index contributed by atoms with van der Waals surface area (Å²) in [7, 11) is 0. The van der Waals surface area contributed by atoms with Gasteiger partial charge in [-0.1, -0.05) is 6.08 Å². The fourth-order valence-electron chi connectivity index (χ4n) is 0.572. The maximum atomic E-state index is 3.91. The van der Waals surface area contributed by atoms with Crippen LogP contribution in [0.5, 0.6) is 0 Å². The first-order valence-corrected chi connectivity index (χ1v) is 2.87. The highest BCUT2D eigenvalue weighted by atomic mass is 15.3. The van der Waals surface area contributed by atoms with E-state index >= 15 is 0 Å². The van der Waals surface area contributed by atoms with Crippen molar-refractivity contribution < 1.29 is 0 Å². The fraction of sp³-hybridized carbons (Fsp3) is 0.333. The van der Waals surface area contributed by atoms with Crippen molar-refractivity contribution in [3.63, 3.8) is 0 Å². The summed E-state index contributed by atoms with van der Waals surface area (Å²) in [5.74, 6) is 0. The highest BCUT2D eigenvalue weighted by Crippen LogP contribution is 1.85. The van der Waals surface area contributed by atoms with Gasteiger partial charge in [-0.05, 0) is 6.42 Å². The first kappa shape index (κ1) is 6.01. The largest absolute Gasteiger partial charge is 0.253 e. The molecule has 0 saturated heterocycles. The smallest absolute Gasteiger partial charge is 0.137 e. The summed E-state index contributed by atoms with van der Waals surface area (Å²) < 4.78 is 1.78. The molecular weight excluding hydrogens is 114 g/mol. The van der Waals surface area contributed by atoms with E-state index in [4.69, 9.17) is 0 Å². The van der Waals surface area contributed by atoms with Gasteiger partial charge in [-0.2, -0.15) is 5.10 Å². The Balaban J connectivity index is 2.38. The van der Waals surface area contributed by atoms with E-state index in [0.717, 1.165) is 13.0 Å². The Hall–Kier alpha value is -1.12. The number of hydrogen-bond donors (Lipinski definition) is 0. The molecule has 0 bridgehead atoms. The van der Waals surface area contributed by atoms with Crippen molar-refractivity contribution in [3.05, 3.63) is 25.3 Å². The molecule has 1 heterocycles. The molecule has 9 heavy (non-hydrogen) atoms. The molecule has 0 atom stereocenters. The molecule has 1 aromatic heterocycles. The van der Waals surface area contributed by atoms with Gasteiger partial charge in [0.05, 0.1) is 0 Å². The monoisotopic (exact) mass is 123 g/mol. The van der Waals surface area contributed by atoms with Gasteiger partial charge in [-0.3, -0.25) is 4.68 Å². The lowest BCUT2D eigenvalue weighted by molar-refractivity contribution is 0.622. The normalized spacial score (nSPS) is 9.33. The Morgan fingerprint density at radius 2 is 2.56 bits per heavy atom. The maximum absolute atomic E-state index is 3.91. The van der Waals surface area contributed by atoms with Crippen LogP contribution in [0.4, 0.5) is 0 Å². The number of aryl methyl sites for hydroxylation is 1. The topological polar surface area (TPSA) is 30.7 Å². The Morgan fingerprint density at radius 3 is 3.11 bits per heavy atom. The molecule has 0 amide bonds. The minimum absolute atomic E-state index is 0.878. The molecule has 0 aliphatic heterocycles. The van der Waals surface area contributed by atoms with E-state index in [1.807, 2.05) is 6.08 Å². The van der Waals surface area contributed by atoms with Crippen molar-refractivity contribution in [1.82, 2.24) is 14.8 Å². The average Bonchev–Trinajstić information content (AvgIpc) is 2.34. The molecule has 3 heteroatoms. The van der Waals surface area contributed by atoms with Crippen LogP contribution in [0.15, 0.2) is 25.3 Å². The Kier molecular flexibility index (Phi) is 2.01. The van der Waals surface area contributed by atoms with E-state index in [0.29, 0.717) is 0 Å². The second-order valence-electron chi connectivity index (χ2n) is 1.74. The quantitative estimate of drug-likeness (QED) is 0.558. The van der Waals surface area contributed by atoms with Crippen LogP contribution < -0.4 is 0 Å². The van der Waals surface area contributed by atoms with Crippen molar-refractivity contribution in [1.29, 1.82) is 0 Å². The second kappa shape index (κ2) is 3.02. The lowest BCUT2D eigenvalue weighted by Crippen LogP contribution is -1.95. The summed E-state index contributed by atoms with van der Waals surface area (Å²) in [6, 6.07) is 0. The zero-order chi connectivity index (χ0) is 6.53. The van der Waals surface area contributed by atoms with Crippen LogP contribution in [-0.4, -0.2) is 14.8 Å². The highest BCUT2D eigenvalue weighted by Gasteiger charge is 1.84. The molecular formula is C6H9N3. The number of hydrogen-bond acceptors (Lipinski definition) is 2. The van der Waals surface area contributed by atoms with Gasteiger partial charge >= 0.3 is 0 Å². The first-order valence-electron chi connectivity index (χ1n) is 2.87. The van der Waals surface area contributed by atoms with Crippen LogP contribution in [0.25, 0.3) is 0 Å². The molecule has 0 radical (unpaired) electrons. The molecule has 0 spiro atoms. The van der Waals surface area contributed by atoms with E-state index < -0.39 is 0 Å². The number of nitrogens with zero attached hydrogens (tertiary/aromatic N) is 3. The zero-order valence-corrected chi connectivity index (χ0v) is 5.20. The number of rotatable bonds is 3. The molecule has 0 saturated carbocycles. The van der Waals surface area contributed by atoms with E-state index in [1.54, 1.807) is 11.0 Å². The van der Waals surface area contributed by atoms with Crippen LogP contribution in [0, 0.1) is 0 Å². The minimum atomic E-state index is 0.878. The van der Waals surface area contributed by atoms with E-state index in [9.17, 15) is 0 Å². The van der Waals surface area contributed by atoms with Gasteiger partial charge in [-0.25, -0.2) is 4.98 Å². The minimum Gasteiger partial charge on any atom is -0.253 e. The van der Waals surface area contributed by atoms with Gasteiger partial charge < -0.3 is 0 Å². The van der Waals surface area contributed by atoms with Crippen LogP contribution in [-0.2, 0) is 6.54 Å². The summed E-state index contributed by atoms with van der Waals surface area (Å²) in [4.78, 5) is 3.79. The third-order valence-corrected chi connectivity index (χ3v) is 1.03. The van der Waals surface area contributed by atoms with Gasteiger partial charge in [-0.15, -0.1) is 6.58 Å². The van der Waals surface area contributed by atoms with Crippen molar-refractivity contribution in [2.24, 2.45) is 0 Å². The predicted octanol–water partition coefficient (Wildman–Crippen LogP) is 0.854. The molecule has 1 rings (SSSR count). The molecule has 0 unspecified atom stereocenters. The molecule has 0 N–H and O–H groups in total. The van der Waals surface area contributed by atoms with Gasteiger partial charge in [0.25, 0.3) is 0 Å². The Bertz CT molecular complexity index is 166. The van der Waals surface area contributed by atoms with Crippen molar-refractivity contribution in [2.75, 3.05) is 0 Å². The van der Waals surface area contributed by atoms with Gasteiger partial charge in [0, 0.05) is 6.54 Å². The van der Waals surface area contributed by atoms with Crippen molar-refractivity contribution in [2.45, 2.75) is 13.0 Å². The standard InChI is InChI=1S/C6H9N3/c1-2-3-4-9-6-7-5-8-9/h2,5-6H,1,3-4H2. The van der Waals surface area contributed by atoms with Gasteiger partial charge in [0.1, 0.15) is 12.7 Å². The highest BCUT2D eigenvalue weighted by molar-refractivity contribution is 4.66. The van der Waals surface area contributed by atoms with Crippen LogP contribution in [0.2, 0.25) is 0 Å². The summed E-state index contributed by atoms with van der Waals surface area (Å²) in [5, 5.41) is 3.91. The first-order chi connectivity index (χ1) is 4.43. The molecule has 0 fully saturated rings. The van der Waals surface area contributed by atoms with E-state index in [2.05, 4.69) is 16.7 Å². The zero-order valence-electron chi connectivity index (χ0n) is 5.20. The Labute approximate surface area is 54.0 Å². The lowest BCUT2D eigenvalue weighted by Gasteiger charge is -1.92. The van der Waals surface area contributed by atoms with Crippen molar-refractivity contribution in [3.8, 4) is 0 Å². The number of aromatic nitrogens is 3. The average molecular weight is 123 g/mol. The third kappa shape index (κ3) is 1.68. The van der Waals surface area contributed by atoms with Crippen LogP contribution >= 0.6 is 0 Å². The predicted molar refractivity (Wildman–Crippen MR) is 34.8 cm³/mol. The van der Waals surface area contributed by atoms with Gasteiger partial charge in [0.15, 0.2) is 0 Å². The van der Waals surface area contributed by atoms with E-state index in [1.165, 1.54) is 6.33 Å². The van der Waals surface area contributed by atoms with Crippen LogP contribution in [0.1, 0.15) is 6.42 Å². The molecule has 1 aromatic rings.